The Balaban J connectivity index is 0.000000312. The zero-order valence-electron chi connectivity index (χ0n) is 45.1. The Bertz CT molecular complexity index is 1880. The van der Waals surface area contributed by atoms with Gasteiger partial charge in [-0.05, 0) is 179 Å². The Kier molecular flexibility index (Phi) is 28.0. The lowest BCUT2D eigenvalue weighted by molar-refractivity contribution is 0.0512. The molecule has 2 aromatic carbocycles. The average Bonchev–Trinajstić information content (AvgIpc) is 3.32. The van der Waals surface area contributed by atoms with Crippen molar-refractivity contribution in [2.75, 3.05) is 65.7 Å². The Morgan fingerprint density at radius 3 is 1.49 bits per heavy atom. The summed E-state index contributed by atoms with van der Waals surface area (Å²) in [5, 5.41) is 17.4. The first kappa shape index (κ1) is 62.3. The highest BCUT2D eigenvalue weighted by Gasteiger charge is 2.31. The fraction of sp³-hybridized carbons (Fsp3) is 0.714. The minimum atomic E-state index is -0.971. The standard InChI is InChI=1S/C28H45N3O4.C15H30N2O.C13H17NO4.ClH/c1-5-34-20-22-9-8-16-31(18-22)19-24-10-6-7-11-25(24)30-26(32)23-14-12-21(13-15-23)17-29-27(33)35-28(2,3)4;1-2-18-12-13-6-5-9-17(10-13)11-14-7-3-4-8-15(14)16;1-13(2,3)18-12(17)14-8-9-4-6-10(7-5-9)11(15)16;/h12-15,22,24-25H,5-11,16-20H2,1-4H3,(H,29,33)(H,30,32);13-15H,2-12,16H2,1H3;4-7H,8H2,1-3H3,(H,14,17)(H,15,16);1H/t22?,24-,25+;13?,14-,15+;;/m00../s1. The molecule has 6 atom stereocenters. The minimum Gasteiger partial charge on any atom is -0.478 e. The molecule has 72 heavy (non-hydrogen) atoms. The van der Waals surface area contributed by atoms with E-state index in [9.17, 15) is 19.2 Å². The third kappa shape index (κ3) is 24.8. The molecule has 16 heteroatoms. The number of carbonyl (C=O) groups is 4. The van der Waals surface area contributed by atoms with Gasteiger partial charge >= 0.3 is 18.2 Å². The number of likely N-dealkylation sites (tertiary alicyclic amines) is 2. The van der Waals surface area contributed by atoms with E-state index in [0.29, 0.717) is 36.5 Å². The van der Waals surface area contributed by atoms with Crippen LogP contribution in [0.3, 0.4) is 0 Å². The van der Waals surface area contributed by atoms with Crippen LogP contribution in [0.2, 0.25) is 0 Å². The molecule has 0 spiro atoms. The van der Waals surface area contributed by atoms with Crippen molar-refractivity contribution in [2.45, 2.75) is 169 Å². The van der Waals surface area contributed by atoms with Gasteiger partial charge in [-0.3, -0.25) is 4.79 Å². The van der Waals surface area contributed by atoms with Crippen LogP contribution in [-0.2, 0) is 32.0 Å². The fourth-order valence-corrected chi connectivity index (χ4v) is 9.99. The maximum absolute atomic E-state index is 13.0. The number of halogens is 1. The van der Waals surface area contributed by atoms with Crippen molar-refractivity contribution in [3.8, 4) is 0 Å². The SMILES string of the molecule is CC(C)(C)OC(=O)NCc1ccc(C(=O)O)cc1.CCOCC1CCCN(C[C@@H]2CCCC[C@H]2N)C1.CCOCC1CCCN(C[C@@H]2CCCC[C@H]2NC(=O)c2ccc(CNC(=O)OC(C)(C)C)cc2)C1.Cl. The van der Waals surface area contributed by atoms with E-state index in [2.05, 4.69) is 39.6 Å². The van der Waals surface area contributed by atoms with Crippen molar-refractivity contribution in [2.24, 2.45) is 29.4 Å². The number of carboxylic acids is 1. The molecule has 6 N–H and O–H groups in total. The molecule has 2 aliphatic heterocycles. The molecule has 6 rings (SSSR count). The van der Waals surface area contributed by atoms with Crippen molar-refractivity contribution < 1.29 is 43.2 Å². The number of carboxylic acid groups (broad SMARTS) is 1. The first-order valence-corrected chi connectivity index (χ1v) is 26.8. The molecule has 2 unspecified atom stereocenters. The lowest BCUT2D eigenvalue weighted by Crippen LogP contribution is -2.48. The average molecular weight is 1030 g/mol. The van der Waals surface area contributed by atoms with Gasteiger partial charge in [0, 0.05) is 70.1 Å². The van der Waals surface area contributed by atoms with Gasteiger partial charge in [-0.25, -0.2) is 14.4 Å². The fourth-order valence-electron chi connectivity index (χ4n) is 9.99. The van der Waals surface area contributed by atoms with Crippen LogP contribution in [0, 0.1) is 23.7 Å². The molecular formula is C56H93ClN6O9. The van der Waals surface area contributed by atoms with E-state index in [0.717, 1.165) is 75.4 Å². The van der Waals surface area contributed by atoms with Crippen LogP contribution in [0.25, 0.3) is 0 Å². The summed E-state index contributed by atoms with van der Waals surface area (Å²) in [5.41, 5.74) is 7.82. The zero-order chi connectivity index (χ0) is 51.8. The Morgan fingerprint density at radius 2 is 1.04 bits per heavy atom. The van der Waals surface area contributed by atoms with Crippen LogP contribution < -0.4 is 21.7 Å². The number of alkyl carbamates (subject to hydrolysis) is 2. The number of rotatable bonds is 17. The van der Waals surface area contributed by atoms with Gasteiger partial charge in [0.15, 0.2) is 0 Å². The van der Waals surface area contributed by atoms with Gasteiger partial charge < -0.3 is 55.5 Å². The second-order valence-corrected chi connectivity index (χ2v) is 22.1. The van der Waals surface area contributed by atoms with E-state index in [4.69, 9.17) is 29.8 Å². The number of aromatic carboxylic acids is 1. The summed E-state index contributed by atoms with van der Waals surface area (Å²) in [4.78, 5) is 52.1. The van der Waals surface area contributed by atoms with Crippen LogP contribution >= 0.6 is 12.4 Å². The zero-order valence-corrected chi connectivity index (χ0v) is 46.0. The molecule has 2 saturated carbocycles. The minimum absolute atomic E-state index is 0. The second-order valence-electron chi connectivity index (χ2n) is 22.1. The third-order valence-corrected chi connectivity index (χ3v) is 13.6. The highest BCUT2D eigenvalue weighted by atomic mass is 35.5. The molecule has 2 heterocycles. The highest BCUT2D eigenvalue weighted by molar-refractivity contribution is 5.94. The number of hydrogen-bond donors (Lipinski definition) is 5. The number of nitrogens with one attached hydrogen (secondary N) is 3. The number of benzene rings is 2. The Hall–Kier alpha value is -3.99. The van der Waals surface area contributed by atoms with Gasteiger partial charge in [0.25, 0.3) is 5.91 Å². The first-order chi connectivity index (χ1) is 33.8. The summed E-state index contributed by atoms with van der Waals surface area (Å²) >= 11 is 0. The van der Waals surface area contributed by atoms with Crippen LogP contribution in [-0.4, -0.2) is 128 Å². The van der Waals surface area contributed by atoms with Crippen molar-refractivity contribution in [1.82, 2.24) is 25.8 Å². The van der Waals surface area contributed by atoms with E-state index in [1.54, 1.807) is 32.9 Å². The number of piperidine rings is 2. The molecule has 2 aliphatic carbocycles. The van der Waals surface area contributed by atoms with E-state index in [1.165, 1.54) is 102 Å². The predicted molar refractivity (Wildman–Crippen MR) is 288 cm³/mol. The Labute approximate surface area is 438 Å². The van der Waals surface area contributed by atoms with Crippen molar-refractivity contribution >= 4 is 36.5 Å². The van der Waals surface area contributed by atoms with Gasteiger partial charge in [-0.1, -0.05) is 49.9 Å². The van der Waals surface area contributed by atoms with Crippen LogP contribution in [0.5, 0.6) is 0 Å². The van der Waals surface area contributed by atoms with Crippen LogP contribution in [0.1, 0.15) is 164 Å². The summed E-state index contributed by atoms with van der Waals surface area (Å²) in [5.74, 6) is 1.63. The molecule has 4 fully saturated rings. The van der Waals surface area contributed by atoms with E-state index in [1.807, 2.05) is 45.0 Å². The molecule has 408 valence electrons. The highest BCUT2D eigenvalue weighted by Crippen LogP contribution is 2.29. The summed E-state index contributed by atoms with van der Waals surface area (Å²) in [6.45, 7) is 26.2. The lowest BCUT2D eigenvalue weighted by Gasteiger charge is -2.39. The van der Waals surface area contributed by atoms with Gasteiger partial charge in [-0.15, -0.1) is 12.4 Å². The monoisotopic (exact) mass is 1030 g/mol. The molecule has 15 nitrogen and oxygen atoms in total. The van der Waals surface area contributed by atoms with Crippen molar-refractivity contribution in [3.05, 3.63) is 70.8 Å². The molecule has 0 aromatic heterocycles. The van der Waals surface area contributed by atoms with Gasteiger partial charge in [-0.2, -0.15) is 0 Å². The first-order valence-electron chi connectivity index (χ1n) is 26.8. The largest absolute Gasteiger partial charge is 0.478 e. The number of nitrogens with two attached hydrogens (primary N) is 1. The number of nitrogens with zero attached hydrogens (tertiary/aromatic N) is 2. The number of hydrogen-bond acceptors (Lipinski definition) is 11. The number of ether oxygens (including phenoxy) is 4. The summed E-state index contributed by atoms with van der Waals surface area (Å²) in [7, 11) is 0. The molecule has 3 amide bonds. The third-order valence-electron chi connectivity index (χ3n) is 13.6. The van der Waals surface area contributed by atoms with E-state index >= 15 is 0 Å². The van der Waals surface area contributed by atoms with E-state index < -0.39 is 29.4 Å². The number of carbonyl (C=O) groups excluding carboxylic acids is 3. The molecule has 2 aromatic rings. The smallest absolute Gasteiger partial charge is 0.407 e. The predicted octanol–water partition coefficient (Wildman–Crippen LogP) is 9.83. The molecule has 4 aliphatic rings. The maximum Gasteiger partial charge on any atom is 0.407 e. The summed E-state index contributed by atoms with van der Waals surface area (Å²) in [6.07, 6.45) is 14.2. The van der Waals surface area contributed by atoms with Gasteiger partial charge in [0.05, 0.1) is 18.8 Å². The van der Waals surface area contributed by atoms with E-state index in [-0.39, 0.29) is 29.9 Å². The maximum atomic E-state index is 13.0. The molecular weight excluding hydrogens is 936 g/mol. The van der Waals surface area contributed by atoms with Crippen molar-refractivity contribution in [1.29, 1.82) is 0 Å². The molecule has 2 saturated heterocycles. The molecule has 0 radical (unpaired) electrons. The second kappa shape index (κ2) is 32.3. The van der Waals surface area contributed by atoms with Crippen LogP contribution in [0.15, 0.2) is 48.5 Å². The Morgan fingerprint density at radius 1 is 0.611 bits per heavy atom. The molecule has 0 bridgehead atoms. The lowest BCUT2D eigenvalue weighted by atomic mass is 9.83. The van der Waals surface area contributed by atoms with Crippen LogP contribution in [0.4, 0.5) is 9.59 Å². The quantitative estimate of drug-likeness (QED) is 0.101. The van der Waals surface area contributed by atoms with Gasteiger partial charge in [0.2, 0.25) is 0 Å². The summed E-state index contributed by atoms with van der Waals surface area (Å²) < 4.78 is 21.6. The number of amides is 3. The van der Waals surface area contributed by atoms with Crippen molar-refractivity contribution in [3.63, 3.8) is 0 Å². The van der Waals surface area contributed by atoms with Gasteiger partial charge in [0.1, 0.15) is 11.2 Å². The normalized spacial score (nSPS) is 22.8. The summed E-state index contributed by atoms with van der Waals surface area (Å²) in [6, 6.07) is 14.4. The topological polar surface area (TPSA) is 194 Å².